The van der Waals surface area contributed by atoms with Crippen LogP contribution in [0.4, 0.5) is 0 Å². The van der Waals surface area contributed by atoms with Crippen molar-refractivity contribution in [3.63, 3.8) is 0 Å². The highest BCUT2D eigenvalue weighted by Crippen LogP contribution is 2.27. The number of likely N-dealkylation sites (tertiary alicyclic amines) is 1. The minimum absolute atomic E-state index is 0.146. The molecule has 1 aromatic carbocycles. The van der Waals surface area contributed by atoms with Crippen LogP contribution in [0, 0.1) is 6.92 Å². The zero-order valence-corrected chi connectivity index (χ0v) is 16.3. The van der Waals surface area contributed by atoms with Gasteiger partial charge in [-0.25, -0.2) is 0 Å². The van der Waals surface area contributed by atoms with Gasteiger partial charge in [-0.3, -0.25) is 9.69 Å². The van der Waals surface area contributed by atoms with Crippen LogP contribution in [0.3, 0.4) is 0 Å². The molecular weight excluding hydrogens is 364 g/mol. The quantitative estimate of drug-likeness (QED) is 0.664. The van der Waals surface area contributed by atoms with Crippen molar-refractivity contribution >= 4 is 28.5 Å². The van der Waals surface area contributed by atoms with E-state index in [9.17, 15) is 4.79 Å². The highest BCUT2D eigenvalue weighted by atomic mass is 35.5. The van der Waals surface area contributed by atoms with Crippen LogP contribution in [0.2, 0.25) is 5.02 Å². The summed E-state index contributed by atoms with van der Waals surface area (Å²) in [5, 5.41) is 4.61. The number of hydrogen-bond acceptors (Lipinski definition) is 4. The summed E-state index contributed by atoms with van der Waals surface area (Å²) in [5.74, 6) is 2.03. The van der Waals surface area contributed by atoms with Crippen molar-refractivity contribution in [2.75, 3.05) is 13.1 Å². The Kier molecular flexibility index (Phi) is 4.98. The number of fused-ring (bicyclic) bond motifs is 1. The van der Waals surface area contributed by atoms with E-state index < -0.39 is 0 Å². The molecule has 1 N–H and O–H groups in total. The van der Waals surface area contributed by atoms with Gasteiger partial charge in [0.05, 0.1) is 18.2 Å². The van der Waals surface area contributed by atoms with Crippen LogP contribution in [0.5, 0.6) is 0 Å². The van der Waals surface area contributed by atoms with E-state index in [2.05, 4.69) is 10.2 Å². The number of carbonyl (C=O) groups is 1. The molecule has 0 saturated carbocycles. The summed E-state index contributed by atoms with van der Waals surface area (Å²) in [4.78, 5) is 15.2. The second-order valence-electron chi connectivity index (χ2n) is 7.20. The maximum Gasteiger partial charge on any atom is 0.255 e. The van der Waals surface area contributed by atoms with E-state index in [1.165, 1.54) is 12.8 Å². The van der Waals surface area contributed by atoms with Gasteiger partial charge in [-0.2, -0.15) is 0 Å². The van der Waals surface area contributed by atoms with Gasteiger partial charge in [0.2, 0.25) is 0 Å². The van der Waals surface area contributed by atoms with Crippen molar-refractivity contribution in [2.45, 2.75) is 39.3 Å². The highest BCUT2D eigenvalue weighted by molar-refractivity contribution is 6.31. The average molecular weight is 387 g/mol. The summed E-state index contributed by atoms with van der Waals surface area (Å²) in [7, 11) is 0. The lowest BCUT2D eigenvalue weighted by Crippen LogP contribution is -2.28. The maximum atomic E-state index is 12.9. The van der Waals surface area contributed by atoms with Crippen molar-refractivity contribution in [1.82, 2.24) is 10.2 Å². The molecule has 1 saturated heterocycles. The second kappa shape index (κ2) is 7.41. The fraction of sp³-hybridized carbons (Fsp3) is 0.381. The number of benzene rings is 1. The fourth-order valence-electron chi connectivity index (χ4n) is 3.61. The molecule has 1 amide bonds. The van der Waals surface area contributed by atoms with Crippen molar-refractivity contribution < 1.29 is 13.6 Å². The van der Waals surface area contributed by atoms with Gasteiger partial charge < -0.3 is 14.2 Å². The van der Waals surface area contributed by atoms with E-state index in [0.717, 1.165) is 35.6 Å². The van der Waals surface area contributed by atoms with Gasteiger partial charge in [0.15, 0.2) is 0 Å². The molecule has 1 fully saturated rings. The Labute approximate surface area is 163 Å². The predicted molar refractivity (Wildman–Crippen MR) is 105 cm³/mol. The molecule has 142 valence electrons. The number of carbonyl (C=O) groups excluding carboxylic acids is 1. The smallest absolute Gasteiger partial charge is 0.255 e. The molecule has 6 heteroatoms. The summed E-state index contributed by atoms with van der Waals surface area (Å²) in [6, 6.07) is 8.94. The predicted octanol–water partition coefficient (Wildman–Crippen LogP) is 5.07. The zero-order chi connectivity index (χ0) is 19.0. The summed E-state index contributed by atoms with van der Waals surface area (Å²) in [6.07, 6.45) is 2.41. The first-order valence-electron chi connectivity index (χ1n) is 9.31. The lowest BCUT2D eigenvalue weighted by atomic mass is 10.1. The molecule has 4 rings (SSSR count). The Bertz CT molecular complexity index is 969. The van der Waals surface area contributed by atoms with Gasteiger partial charge in [0.1, 0.15) is 22.9 Å². The van der Waals surface area contributed by atoms with Crippen molar-refractivity contribution in [3.8, 4) is 0 Å². The Morgan fingerprint density at radius 1 is 1.22 bits per heavy atom. The molecule has 3 heterocycles. The summed E-state index contributed by atoms with van der Waals surface area (Å²) in [6.45, 7) is 6.56. The summed E-state index contributed by atoms with van der Waals surface area (Å²) >= 11 is 6.04. The number of nitrogens with zero attached hydrogens (tertiary/aromatic N) is 1. The number of amides is 1. The van der Waals surface area contributed by atoms with Gasteiger partial charge in [-0.1, -0.05) is 11.6 Å². The number of furan rings is 2. The molecule has 0 radical (unpaired) electrons. The average Bonchev–Trinajstić information content (AvgIpc) is 3.34. The lowest BCUT2D eigenvalue weighted by molar-refractivity contribution is 0.0932. The number of nitrogens with one attached hydrogen (secondary N) is 1. The van der Waals surface area contributed by atoms with Crippen LogP contribution < -0.4 is 5.32 Å². The van der Waals surface area contributed by atoms with Crippen LogP contribution in [-0.4, -0.2) is 23.9 Å². The number of rotatable bonds is 5. The standard InChI is InChI=1S/C21H23ClN2O3/c1-13-9-17(20(26-13)12-24-7-3-4-8-24)21(25)23-14(2)19-11-15-10-16(22)5-6-18(15)27-19/h5-6,9-11,14H,3-4,7-8,12H2,1-2H3,(H,23,25)/t14-/m0/s1. The number of halogens is 1. The second-order valence-corrected chi connectivity index (χ2v) is 7.64. The Morgan fingerprint density at radius 3 is 2.78 bits per heavy atom. The highest BCUT2D eigenvalue weighted by Gasteiger charge is 2.23. The number of aryl methyl sites for hydroxylation is 1. The first-order chi connectivity index (χ1) is 13.0. The van der Waals surface area contributed by atoms with Crippen molar-refractivity contribution in [2.24, 2.45) is 0 Å². The van der Waals surface area contributed by atoms with Crippen LogP contribution in [-0.2, 0) is 6.54 Å². The lowest BCUT2D eigenvalue weighted by Gasteiger charge is -2.15. The van der Waals surface area contributed by atoms with E-state index in [4.69, 9.17) is 20.4 Å². The topological polar surface area (TPSA) is 58.6 Å². The summed E-state index contributed by atoms with van der Waals surface area (Å²) in [5.41, 5.74) is 1.36. The molecule has 2 aromatic heterocycles. The monoisotopic (exact) mass is 386 g/mol. The third-order valence-corrected chi connectivity index (χ3v) is 5.25. The van der Waals surface area contributed by atoms with E-state index in [-0.39, 0.29) is 11.9 Å². The van der Waals surface area contributed by atoms with Gasteiger partial charge in [-0.05, 0) is 70.1 Å². The van der Waals surface area contributed by atoms with E-state index in [1.54, 1.807) is 6.07 Å². The third-order valence-electron chi connectivity index (χ3n) is 5.01. The minimum atomic E-state index is -0.265. The van der Waals surface area contributed by atoms with E-state index in [0.29, 0.717) is 22.9 Å². The molecule has 0 bridgehead atoms. The minimum Gasteiger partial charge on any atom is -0.464 e. The molecular formula is C21H23ClN2O3. The molecule has 1 atom stereocenters. The number of hydrogen-bond donors (Lipinski definition) is 1. The van der Waals surface area contributed by atoms with Crippen LogP contribution in [0.1, 0.15) is 53.4 Å². The third kappa shape index (κ3) is 3.89. The van der Waals surface area contributed by atoms with E-state index in [1.807, 2.05) is 38.1 Å². The Hall–Kier alpha value is -2.24. The SMILES string of the molecule is Cc1cc(C(=O)N[C@@H](C)c2cc3cc(Cl)ccc3o2)c(CN2CCCC2)o1. The molecule has 5 nitrogen and oxygen atoms in total. The Morgan fingerprint density at radius 2 is 2.00 bits per heavy atom. The van der Waals surface area contributed by atoms with E-state index >= 15 is 0 Å². The normalized spacial score (nSPS) is 16.1. The van der Waals surface area contributed by atoms with Crippen LogP contribution in [0.15, 0.2) is 39.2 Å². The van der Waals surface area contributed by atoms with Crippen LogP contribution in [0.25, 0.3) is 11.0 Å². The molecule has 0 spiro atoms. The molecule has 3 aromatic rings. The first-order valence-corrected chi connectivity index (χ1v) is 9.69. The largest absolute Gasteiger partial charge is 0.464 e. The van der Waals surface area contributed by atoms with Gasteiger partial charge in [0, 0.05) is 10.4 Å². The molecule has 27 heavy (non-hydrogen) atoms. The van der Waals surface area contributed by atoms with Crippen molar-refractivity contribution in [1.29, 1.82) is 0 Å². The summed E-state index contributed by atoms with van der Waals surface area (Å²) < 4.78 is 11.7. The molecule has 1 aliphatic rings. The Balaban J connectivity index is 1.50. The van der Waals surface area contributed by atoms with Crippen molar-refractivity contribution in [3.05, 3.63) is 58.2 Å². The fourth-order valence-corrected chi connectivity index (χ4v) is 3.79. The van der Waals surface area contributed by atoms with Crippen LogP contribution >= 0.6 is 11.6 Å². The molecule has 1 aliphatic heterocycles. The zero-order valence-electron chi connectivity index (χ0n) is 15.5. The van der Waals surface area contributed by atoms with Gasteiger partial charge in [0.25, 0.3) is 5.91 Å². The van der Waals surface area contributed by atoms with Gasteiger partial charge >= 0.3 is 0 Å². The molecule has 0 aliphatic carbocycles. The first kappa shape index (κ1) is 18.1. The maximum absolute atomic E-state index is 12.9. The van der Waals surface area contributed by atoms with Gasteiger partial charge in [-0.15, -0.1) is 0 Å². The molecule has 0 unspecified atom stereocenters.